The molecule has 0 aliphatic carbocycles. The smallest absolute Gasteiger partial charge is 0.0722 e. The molecule has 0 saturated heterocycles. The van der Waals surface area contributed by atoms with Crippen LogP contribution in [0.5, 0.6) is 0 Å². The molecule has 2 aromatic rings. The highest BCUT2D eigenvalue weighted by molar-refractivity contribution is 5.64. The minimum atomic E-state index is 0.286. The molecule has 1 heterocycles. The first-order chi connectivity index (χ1) is 9.34. The van der Waals surface area contributed by atoms with Crippen molar-refractivity contribution in [3.63, 3.8) is 0 Å². The van der Waals surface area contributed by atoms with Crippen molar-refractivity contribution >= 4 is 0 Å². The predicted octanol–water partition coefficient (Wildman–Crippen LogP) is 4.46. The van der Waals surface area contributed by atoms with Crippen LogP contribution < -0.4 is 5.32 Å². The van der Waals surface area contributed by atoms with E-state index in [4.69, 9.17) is 0 Å². The van der Waals surface area contributed by atoms with Crippen molar-refractivity contribution in [3.05, 3.63) is 84.1 Å². The molecule has 1 aliphatic rings. The summed E-state index contributed by atoms with van der Waals surface area (Å²) < 4.78 is 0. The van der Waals surface area contributed by atoms with Crippen molar-refractivity contribution in [2.45, 2.75) is 13.0 Å². The average Bonchev–Trinajstić information content (AvgIpc) is 2.49. The number of allylic oxidation sites excluding steroid dienone is 2. The van der Waals surface area contributed by atoms with Crippen LogP contribution in [0.25, 0.3) is 11.1 Å². The number of benzene rings is 2. The molecule has 2 aromatic carbocycles. The summed E-state index contributed by atoms with van der Waals surface area (Å²) in [5.41, 5.74) is 5.17. The van der Waals surface area contributed by atoms with Gasteiger partial charge in [0, 0.05) is 0 Å². The standard InChI is InChI=1S/C18H17N/c1-14-7-6-12-19-18(14)17-11-5-10-16(13-17)15-8-3-2-4-9-15/h2-13,18-19H,1H3. The van der Waals surface area contributed by atoms with Gasteiger partial charge >= 0.3 is 0 Å². The van der Waals surface area contributed by atoms with Crippen molar-refractivity contribution in [1.82, 2.24) is 5.32 Å². The van der Waals surface area contributed by atoms with Crippen LogP contribution in [0, 0.1) is 0 Å². The third-order valence-electron chi connectivity index (χ3n) is 3.50. The molecule has 1 N–H and O–H groups in total. The lowest BCUT2D eigenvalue weighted by molar-refractivity contribution is 0.703. The first-order valence-corrected chi connectivity index (χ1v) is 6.59. The Morgan fingerprint density at radius 3 is 2.47 bits per heavy atom. The Balaban J connectivity index is 1.97. The third-order valence-corrected chi connectivity index (χ3v) is 3.50. The van der Waals surface area contributed by atoms with Crippen LogP contribution in [-0.2, 0) is 0 Å². The SMILES string of the molecule is CC1=CC=CNC1c1cccc(-c2ccccc2)c1. The van der Waals surface area contributed by atoms with E-state index in [1.54, 1.807) is 0 Å². The van der Waals surface area contributed by atoms with Crippen molar-refractivity contribution in [1.29, 1.82) is 0 Å². The first-order valence-electron chi connectivity index (χ1n) is 6.59. The van der Waals surface area contributed by atoms with E-state index in [2.05, 4.69) is 66.8 Å². The molecule has 0 fully saturated rings. The normalized spacial score (nSPS) is 17.7. The second kappa shape index (κ2) is 5.15. The fraction of sp³-hybridized carbons (Fsp3) is 0.111. The van der Waals surface area contributed by atoms with Gasteiger partial charge in [-0.3, -0.25) is 0 Å². The third kappa shape index (κ3) is 2.45. The Kier molecular flexibility index (Phi) is 3.20. The molecule has 1 unspecified atom stereocenters. The monoisotopic (exact) mass is 247 g/mol. The molecular weight excluding hydrogens is 230 g/mol. The molecule has 1 nitrogen and oxygen atoms in total. The van der Waals surface area contributed by atoms with Gasteiger partial charge < -0.3 is 5.32 Å². The average molecular weight is 247 g/mol. The Labute approximate surface area is 114 Å². The largest absolute Gasteiger partial charge is 0.380 e. The number of hydrogen-bond donors (Lipinski definition) is 1. The molecule has 3 rings (SSSR count). The van der Waals surface area contributed by atoms with Crippen LogP contribution in [0.4, 0.5) is 0 Å². The van der Waals surface area contributed by atoms with Crippen molar-refractivity contribution < 1.29 is 0 Å². The van der Waals surface area contributed by atoms with E-state index in [-0.39, 0.29) is 6.04 Å². The maximum Gasteiger partial charge on any atom is 0.0722 e. The molecule has 94 valence electrons. The second-order valence-corrected chi connectivity index (χ2v) is 4.86. The van der Waals surface area contributed by atoms with E-state index in [0.29, 0.717) is 0 Å². The van der Waals surface area contributed by atoms with E-state index in [1.165, 1.54) is 22.3 Å². The van der Waals surface area contributed by atoms with Gasteiger partial charge in [-0.25, -0.2) is 0 Å². The molecule has 0 radical (unpaired) electrons. The maximum absolute atomic E-state index is 3.41. The molecule has 0 amide bonds. The zero-order valence-electron chi connectivity index (χ0n) is 11.0. The Bertz CT molecular complexity index is 623. The summed E-state index contributed by atoms with van der Waals surface area (Å²) in [5.74, 6) is 0. The van der Waals surface area contributed by atoms with Crippen molar-refractivity contribution in [2.24, 2.45) is 0 Å². The van der Waals surface area contributed by atoms with Crippen LogP contribution in [-0.4, -0.2) is 0 Å². The molecule has 1 atom stereocenters. The summed E-state index contributed by atoms with van der Waals surface area (Å²) in [6.45, 7) is 2.16. The lowest BCUT2D eigenvalue weighted by atomic mass is 9.94. The quantitative estimate of drug-likeness (QED) is 0.826. The number of nitrogens with one attached hydrogen (secondary N) is 1. The molecule has 1 aliphatic heterocycles. The molecule has 0 saturated carbocycles. The van der Waals surface area contributed by atoms with Gasteiger partial charge in [0.05, 0.1) is 6.04 Å². The summed E-state index contributed by atoms with van der Waals surface area (Å²) in [4.78, 5) is 0. The van der Waals surface area contributed by atoms with Crippen LogP contribution in [0.3, 0.4) is 0 Å². The highest BCUT2D eigenvalue weighted by Gasteiger charge is 2.13. The van der Waals surface area contributed by atoms with Gasteiger partial charge in [0.1, 0.15) is 0 Å². The van der Waals surface area contributed by atoms with E-state index >= 15 is 0 Å². The van der Waals surface area contributed by atoms with Crippen LogP contribution in [0.1, 0.15) is 18.5 Å². The molecule has 0 spiro atoms. The minimum absolute atomic E-state index is 0.286. The number of rotatable bonds is 2. The fourth-order valence-electron chi connectivity index (χ4n) is 2.47. The molecular formula is C18H17N. The highest BCUT2D eigenvalue weighted by Crippen LogP contribution is 2.27. The van der Waals surface area contributed by atoms with E-state index < -0.39 is 0 Å². The molecule has 0 aromatic heterocycles. The summed E-state index contributed by atoms with van der Waals surface area (Å²) in [6.07, 6.45) is 6.22. The van der Waals surface area contributed by atoms with Gasteiger partial charge in [0.25, 0.3) is 0 Å². The highest BCUT2D eigenvalue weighted by atomic mass is 14.9. The number of hydrogen-bond acceptors (Lipinski definition) is 1. The molecule has 19 heavy (non-hydrogen) atoms. The first kappa shape index (κ1) is 11.8. The van der Waals surface area contributed by atoms with Gasteiger partial charge in [-0.2, -0.15) is 0 Å². The summed E-state index contributed by atoms with van der Waals surface area (Å²) in [6, 6.07) is 19.5. The second-order valence-electron chi connectivity index (χ2n) is 4.86. The van der Waals surface area contributed by atoms with Crippen LogP contribution >= 0.6 is 0 Å². The lowest BCUT2D eigenvalue weighted by Crippen LogP contribution is -2.18. The summed E-state index contributed by atoms with van der Waals surface area (Å²) in [7, 11) is 0. The lowest BCUT2D eigenvalue weighted by Gasteiger charge is -2.22. The zero-order chi connectivity index (χ0) is 13.1. The van der Waals surface area contributed by atoms with Crippen molar-refractivity contribution in [2.75, 3.05) is 0 Å². The predicted molar refractivity (Wildman–Crippen MR) is 80.7 cm³/mol. The Morgan fingerprint density at radius 2 is 1.68 bits per heavy atom. The van der Waals surface area contributed by atoms with Gasteiger partial charge in [-0.1, -0.05) is 54.6 Å². The van der Waals surface area contributed by atoms with Gasteiger partial charge in [-0.05, 0) is 47.5 Å². The molecule has 1 heteroatoms. The van der Waals surface area contributed by atoms with Crippen LogP contribution in [0.2, 0.25) is 0 Å². The summed E-state index contributed by atoms with van der Waals surface area (Å²) >= 11 is 0. The van der Waals surface area contributed by atoms with E-state index in [1.807, 2.05) is 18.3 Å². The van der Waals surface area contributed by atoms with Crippen LogP contribution in [0.15, 0.2) is 78.5 Å². The Morgan fingerprint density at radius 1 is 0.895 bits per heavy atom. The van der Waals surface area contributed by atoms with E-state index in [9.17, 15) is 0 Å². The zero-order valence-corrected chi connectivity index (χ0v) is 11.0. The van der Waals surface area contributed by atoms with Gasteiger partial charge in [0.15, 0.2) is 0 Å². The fourth-order valence-corrected chi connectivity index (χ4v) is 2.47. The van der Waals surface area contributed by atoms with Crippen molar-refractivity contribution in [3.8, 4) is 11.1 Å². The number of dihydropyridines is 1. The maximum atomic E-state index is 3.41. The van der Waals surface area contributed by atoms with Gasteiger partial charge in [-0.15, -0.1) is 0 Å². The van der Waals surface area contributed by atoms with E-state index in [0.717, 1.165) is 0 Å². The minimum Gasteiger partial charge on any atom is -0.380 e. The Hall–Kier alpha value is -2.28. The molecule has 0 bridgehead atoms. The topological polar surface area (TPSA) is 12.0 Å². The van der Waals surface area contributed by atoms with Gasteiger partial charge in [0.2, 0.25) is 0 Å². The summed E-state index contributed by atoms with van der Waals surface area (Å²) in [5, 5.41) is 3.41.